The highest BCUT2D eigenvalue weighted by Gasteiger charge is 2.28. The van der Waals surface area contributed by atoms with E-state index >= 15 is 0 Å². The second kappa shape index (κ2) is 12.1. The Labute approximate surface area is 196 Å². The number of piperidine rings is 1. The van der Waals surface area contributed by atoms with E-state index in [0.717, 1.165) is 56.2 Å². The van der Waals surface area contributed by atoms with Crippen molar-refractivity contribution in [2.24, 2.45) is 0 Å². The van der Waals surface area contributed by atoms with Gasteiger partial charge in [0.15, 0.2) is 0 Å². The molecule has 0 aliphatic carbocycles. The number of benzene rings is 2. The van der Waals surface area contributed by atoms with Gasteiger partial charge in [0.1, 0.15) is 12.1 Å². The van der Waals surface area contributed by atoms with Crippen LogP contribution in [0.25, 0.3) is 11.1 Å². The van der Waals surface area contributed by atoms with Crippen molar-refractivity contribution in [3.63, 3.8) is 0 Å². The topological polar surface area (TPSA) is 58.6 Å². The van der Waals surface area contributed by atoms with Crippen molar-refractivity contribution in [3.05, 3.63) is 58.9 Å². The molecule has 5 nitrogen and oxygen atoms in total. The average molecular weight is 455 g/mol. The van der Waals surface area contributed by atoms with Crippen molar-refractivity contribution >= 4 is 12.2 Å². The molecule has 1 amide bonds. The minimum Gasteiger partial charge on any atom is -0.385 e. The molecule has 178 valence electrons. The van der Waals surface area contributed by atoms with E-state index in [2.05, 4.69) is 5.32 Å². The summed E-state index contributed by atoms with van der Waals surface area (Å²) < 4.78 is 19.9. The fourth-order valence-electron chi connectivity index (χ4n) is 4.62. The van der Waals surface area contributed by atoms with Crippen molar-refractivity contribution in [1.29, 1.82) is 0 Å². The summed E-state index contributed by atoms with van der Waals surface area (Å²) in [4.78, 5) is 26.8. The fraction of sp³-hybridized carbons (Fsp3) is 0.481. The highest BCUT2D eigenvalue weighted by atomic mass is 19.1. The van der Waals surface area contributed by atoms with Gasteiger partial charge in [0.05, 0.1) is 0 Å². The summed E-state index contributed by atoms with van der Waals surface area (Å²) >= 11 is 0. The zero-order valence-corrected chi connectivity index (χ0v) is 19.9. The molecule has 1 N–H and O–H groups in total. The number of aryl methyl sites for hydroxylation is 1. The third kappa shape index (κ3) is 6.27. The number of amides is 1. The normalized spacial score (nSPS) is 16.1. The number of ether oxygens (including phenoxy) is 1. The quantitative estimate of drug-likeness (QED) is 0.411. The number of hydrogen-bond donors (Lipinski definition) is 1. The highest BCUT2D eigenvalue weighted by Crippen LogP contribution is 2.30. The molecule has 33 heavy (non-hydrogen) atoms. The Balaban J connectivity index is 1.98. The van der Waals surface area contributed by atoms with Gasteiger partial charge >= 0.3 is 0 Å². The van der Waals surface area contributed by atoms with Crippen LogP contribution in [0.4, 0.5) is 4.39 Å². The molecule has 1 saturated heterocycles. The standard InChI is InChI=1S/C27H35FN2O3/c1-19(2)30(23-8-6-13-29-17-23)27(32)22-10-11-24(21(16-22)7-4-5-14-33-3)25-15-20(18-31)9-12-26(25)28/h9-12,15-16,18-19,23,29H,4-8,13-14,17H2,1-3H3. The molecule has 1 unspecified atom stereocenters. The molecule has 1 aliphatic rings. The number of carbonyl (C=O) groups is 2. The maximum Gasteiger partial charge on any atom is 0.254 e. The van der Waals surface area contributed by atoms with Crippen LogP contribution in [0.1, 0.15) is 65.8 Å². The summed E-state index contributed by atoms with van der Waals surface area (Å²) in [5.41, 5.74) is 3.06. The van der Waals surface area contributed by atoms with Gasteiger partial charge < -0.3 is 15.0 Å². The Morgan fingerprint density at radius 1 is 1.21 bits per heavy atom. The number of carbonyl (C=O) groups excluding carboxylic acids is 2. The van der Waals surface area contributed by atoms with Crippen LogP contribution >= 0.6 is 0 Å². The second-order valence-electron chi connectivity index (χ2n) is 8.99. The van der Waals surface area contributed by atoms with Crippen molar-refractivity contribution in [1.82, 2.24) is 10.2 Å². The van der Waals surface area contributed by atoms with E-state index in [-0.39, 0.29) is 23.8 Å². The summed E-state index contributed by atoms with van der Waals surface area (Å²) in [6.07, 6.45) is 5.18. The van der Waals surface area contributed by atoms with Gasteiger partial charge in [-0.05, 0) is 94.0 Å². The van der Waals surface area contributed by atoms with E-state index < -0.39 is 0 Å². The predicted octanol–water partition coefficient (Wildman–Crippen LogP) is 4.88. The Bertz CT molecular complexity index is 954. The number of nitrogens with one attached hydrogen (secondary N) is 1. The molecule has 1 fully saturated rings. The van der Waals surface area contributed by atoms with Gasteiger partial charge in [-0.1, -0.05) is 6.07 Å². The van der Waals surface area contributed by atoms with E-state index in [4.69, 9.17) is 4.74 Å². The lowest BCUT2D eigenvalue weighted by atomic mass is 9.92. The van der Waals surface area contributed by atoms with Gasteiger partial charge in [0.2, 0.25) is 0 Å². The van der Waals surface area contributed by atoms with Crippen LogP contribution in [0.2, 0.25) is 0 Å². The third-order valence-corrected chi connectivity index (χ3v) is 6.27. The minimum atomic E-state index is -0.380. The van der Waals surface area contributed by atoms with E-state index in [1.807, 2.05) is 30.9 Å². The summed E-state index contributed by atoms with van der Waals surface area (Å²) in [6.45, 7) is 6.54. The number of aldehydes is 1. The number of unbranched alkanes of at least 4 members (excludes halogenated alkanes) is 1. The first kappa shape index (κ1) is 25.1. The smallest absolute Gasteiger partial charge is 0.254 e. The third-order valence-electron chi connectivity index (χ3n) is 6.27. The Kier molecular flexibility index (Phi) is 9.15. The Morgan fingerprint density at radius 2 is 2.03 bits per heavy atom. The molecule has 6 heteroatoms. The lowest BCUT2D eigenvalue weighted by Crippen LogP contribution is -2.51. The lowest BCUT2D eigenvalue weighted by Gasteiger charge is -2.37. The molecule has 0 radical (unpaired) electrons. The van der Waals surface area contributed by atoms with Gasteiger partial charge in [-0.2, -0.15) is 0 Å². The highest BCUT2D eigenvalue weighted by molar-refractivity contribution is 5.95. The van der Waals surface area contributed by atoms with Crippen LogP contribution in [0.5, 0.6) is 0 Å². The zero-order chi connectivity index (χ0) is 23.8. The minimum absolute atomic E-state index is 0.00510. The molecule has 1 heterocycles. The monoisotopic (exact) mass is 454 g/mol. The number of hydrogen-bond acceptors (Lipinski definition) is 4. The molecule has 1 aliphatic heterocycles. The SMILES string of the molecule is COCCCCc1cc(C(=O)N(C(C)C)C2CCCNC2)ccc1-c1cc(C=O)ccc1F. The molecule has 0 spiro atoms. The first-order valence-corrected chi connectivity index (χ1v) is 11.9. The predicted molar refractivity (Wildman–Crippen MR) is 129 cm³/mol. The molecule has 0 aromatic heterocycles. The summed E-state index contributed by atoms with van der Waals surface area (Å²) in [5.74, 6) is -0.375. The van der Waals surface area contributed by atoms with Crippen LogP contribution in [-0.2, 0) is 11.2 Å². The van der Waals surface area contributed by atoms with Gasteiger partial charge in [-0.3, -0.25) is 9.59 Å². The van der Waals surface area contributed by atoms with E-state index in [0.29, 0.717) is 29.7 Å². The van der Waals surface area contributed by atoms with Gasteiger partial charge in [-0.25, -0.2) is 4.39 Å². The zero-order valence-electron chi connectivity index (χ0n) is 19.9. The summed E-state index contributed by atoms with van der Waals surface area (Å²) in [5, 5.41) is 3.40. The van der Waals surface area contributed by atoms with E-state index in [9.17, 15) is 14.0 Å². The molecular formula is C27H35FN2O3. The largest absolute Gasteiger partial charge is 0.385 e. The molecule has 0 bridgehead atoms. The molecule has 2 aromatic carbocycles. The lowest BCUT2D eigenvalue weighted by molar-refractivity contribution is 0.0573. The van der Waals surface area contributed by atoms with Crippen molar-refractivity contribution < 1.29 is 18.7 Å². The summed E-state index contributed by atoms with van der Waals surface area (Å²) in [6, 6.07) is 10.1. The van der Waals surface area contributed by atoms with Crippen LogP contribution in [0.3, 0.4) is 0 Å². The fourth-order valence-corrected chi connectivity index (χ4v) is 4.62. The van der Waals surface area contributed by atoms with Crippen LogP contribution < -0.4 is 5.32 Å². The van der Waals surface area contributed by atoms with Gasteiger partial charge in [-0.15, -0.1) is 0 Å². The van der Waals surface area contributed by atoms with Crippen LogP contribution in [-0.4, -0.2) is 56.0 Å². The van der Waals surface area contributed by atoms with Gasteiger partial charge in [0.25, 0.3) is 5.91 Å². The molecule has 1 atom stereocenters. The molecule has 0 saturated carbocycles. The molecule has 2 aromatic rings. The maximum atomic E-state index is 14.7. The van der Waals surface area contributed by atoms with E-state index in [1.54, 1.807) is 19.2 Å². The second-order valence-corrected chi connectivity index (χ2v) is 8.99. The number of halogens is 1. The first-order chi connectivity index (χ1) is 16.0. The van der Waals surface area contributed by atoms with Crippen molar-refractivity contribution in [2.45, 2.75) is 58.0 Å². The number of methoxy groups -OCH3 is 1. The first-order valence-electron chi connectivity index (χ1n) is 11.9. The summed E-state index contributed by atoms with van der Waals surface area (Å²) in [7, 11) is 1.67. The van der Waals surface area contributed by atoms with Crippen molar-refractivity contribution in [3.8, 4) is 11.1 Å². The number of nitrogens with zero attached hydrogens (tertiary/aromatic N) is 1. The Morgan fingerprint density at radius 3 is 2.70 bits per heavy atom. The number of rotatable bonds is 10. The molecule has 3 rings (SSSR count). The maximum absolute atomic E-state index is 14.7. The van der Waals surface area contributed by atoms with E-state index in [1.165, 1.54) is 12.1 Å². The van der Waals surface area contributed by atoms with Crippen LogP contribution in [0, 0.1) is 5.82 Å². The average Bonchev–Trinajstić information content (AvgIpc) is 2.83. The molecular weight excluding hydrogens is 419 g/mol. The van der Waals surface area contributed by atoms with Crippen molar-refractivity contribution in [2.75, 3.05) is 26.8 Å². The van der Waals surface area contributed by atoms with Crippen LogP contribution in [0.15, 0.2) is 36.4 Å². The van der Waals surface area contributed by atoms with Gasteiger partial charge in [0, 0.05) is 49.0 Å². The Hall–Kier alpha value is -2.57.